The van der Waals surface area contributed by atoms with Crippen LogP contribution in [0.15, 0.2) is 53.0 Å². The van der Waals surface area contributed by atoms with Crippen molar-refractivity contribution in [2.24, 2.45) is 23.2 Å². The van der Waals surface area contributed by atoms with Gasteiger partial charge in [0.1, 0.15) is 12.4 Å². The highest BCUT2D eigenvalue weighted by Gasteiger charge is 2.52. The van der Waals surface area contributed by atoms with Gasteiger partial charge in [0, 0.05) is 12.6 Å². The molecule has 0 amide bonds. The second-order valence-corrected chi connectivity index (χ2v) is 10.8. The summed E-state index contributed by atoms with van der Waals surface area (Å²) in [4.78, 5) is 0. The number of halogens is 1. The van der Waals surface area contributed by atoms with Crippen molar-refractivity contribution in [1.29, 1.82) is 0 Å². The van der Waals surface area contributed by atoms with Crippen LogP contribution in [0.2, 0.25) is 0 Å². The van der Waals surface area contributed by atoms with Gasteiger partial charge in [-0.15, -0.1) is 0 Å². The van der Waals surface area contributed by atoms with Gasteiger partial charge in [0.15, 0.2) is 0 Å². The summed E-state index contributed by atoms with van der Waals surface area (Å²) in [7, 11) is 0. The third kappa shape index (κ3) is 4.14. The van der Waals surface area contributed by atoms with Gasteiger partial charge >= 0.3 is 0 Å². The monoisotopic (exact) mass is 453 g/mol. The Morgan fingerprint density at radius 2 is 1.62 bits per heavy atom. The van der Waals surface area contributed by atoms with Gasteiger partial charge in [-0.3, -0.25) is 0 Å². The number of ether oxygens (including phenoxy) is 1. The molecule has 0 radical (unpaired) electrons. The van der Waals surface area contributed by atoms with Crippen LogP contribution in [0.3, 0.4) is 0 Å². The molecule has 4 aliphatic carbocycles. The van der Waals surface area contributed by atoms with E-state index in [1.807, 2.05) is 18.2 Å². The predicted molar refractivity (Wildman–Crippen MR) is 122 cm³/mol. The number of nitrogens with one attached hydrogen (secondary N) is 1. The van der Waals surface area contributed by atoms with E-state index in [0.29, 0.717) is 18.1 Å². The molecule has 2 aromatic carbocycles. The highest BCUT2D eigenvalue weighted by atomic mass is 79.9. The summed E-state index contributed by atoms with van der Waals surface area (Å²) < 4.78 is 7.04. The minimum absolute atomic E-state index is 0.560. The van der Waals surface area contributed by atoms with Gasteiger partial charge in [0.05, 0.1) is 4.47 Å². The molecule has 0 saturated heterocycles. The summed E-state index contributed by atoms with van der Waals surface area (Å²) in [6.07, 6.45) is 8.94. The number of hydrogen-bond acceptors (Lipinski definition) is 2. The first kappa shape index (κ1) is 19.6. The second kappa shape index (κ2) is 8.07. The lowest BCUT2D eigenvalue weighted by Crippen LogP contribution is -2.54. The predicted octanol–water partition coefficient (Wildman–Crippen LogP) is 6.72. The van der Waals surface area contributed by atoms with Gasteiger partial charge in [-0.25, -0.2) is 0 Å². The lowest BCUT2D eigenvalue weighted by atomic mass is 9.48. The smallest absolute Gasteiger partial charge is 0.134 e. The van der Waals surface area contributed by atoms with Crippen molar-refractivity contribution in [1.82, 2.24) is 5.32 Å². The molecular weight excluding hydrogens is 422 g/mol. The van der Waals surface area contributed by atoms with Crippen molar-refractivity contribution >= 4 is 15.9 Å². The summed E-state index contributed by atoms with van der Waals surface area (Å²) in [6, 6.07) is 17.4. The van der Waals surface area contributed by atoms with Gasteiger partial charge in [0.2, 0.25) is 0 Å². The van der Waals surface area contributed by atoms with Crippen molar-refractivity contribution < 1.29 is 4.74 Å². The average molecular weight is 454 g/mol. The summed E-state index contributed by atoms with van der Waals surface area (Å²) in [5, 5.41) is 3.90. The van der Waals surface area contributed by atoms with Crippen LogP contribution in [-0.4, -0.2) is 6.04 Å². The fourth-order valence-corrected chi connectivity index (χ4v) is 7.24. The number of hydrogen-bond donors (Lipinski definition) is 1. The minimum Gasteiger partial charge on any atom is -0.488 e. The zero-order valence-corrected chi connectivity index (χ0v) is 19.0. The molecule has 0 spiro atoms. The molecule has 4 fully saturated rings. The van der Waals surface area contributed by atoms with Gasteiger partial charge in [-0.1, -0.05) is 36.4 Å². The third-order valence-corrected chi connectivity index (χ3v) is 8.47. The van der Waals surface area contributed by atoms with Gasteiger partial charge < -0.3 is 10.1 Å². The highest BCUT2D eigenvalue weighted by Crippen LogP contribution is 2.61. The zero-order chi connectivity index (χ0) is 19.8. The Morgan fingerprint density at radius 3 is 2.24 bits per heavy atom. The molecule has 29 heavy (non-hydrogen) atoms. The van der Waals surface area contributed by atoms with Crippen LogP contribution in [0.4, 0.5) is 0 Å². The molecule has 2 nitrogen and oxygen atoms in total. The molecule has 0 aromatic heterocycles. The Kier molecular flexibility index (Phi) is 5.47. The molecule has 4 saturated carbocycles. The van der Waals surface area contributed by atoms with E-state index in [2.05, 4.69) is 58.5 Å². The van der Waals surface area contributed by atoms with Crippen LogP contribution in [0, 0.1) is 23.2 Å². The minimum atomic E-state index is 0.560. The quantitative estimate of drug-likeness (QED) is 0.501. The molecule has 3 heteroatoms. The van der Waals surface area contributed by atoms with Crippen molar-refractivity contribution in [3.63, 3.8) is 0 Å². The lowest BCUT2D eigenvalue weighted by molar-refractivity contribution is -0.0706. The van der Waals surface area contributed by atoms with Crippen molar-refractivity contribution in [2.45, 2.75) is 64.6 Å². The van der Waals surface area contributed by atoms with Gasteiger partial charge in [0.25, 0.3) is 0 Å². The molecule has 1 unspecified atom stereocenters. The topological polar surface area (TPSA) is 21.3 Å². The highest BCUT2D eigenvalue weighted by molar-refractivity contribution is 9.10. The first-order valence-corrected chi connectivity index (χ1v) is 12.1. The summed E-state index contributed by atoms with van der Waals surface area (Å²) in [5.74, 6) is 3.95. The Balaban J connectivity index is 1.18. The zero-order valence-electron chi connectivity index (χ0n) is 17.4. The first-order chi connectivity index (χ1) is 14.1. The van der Waals surface area contributed by atoms with Crippen molar-refractivity contribution in [2.75, 3.05) is 0 Å². The van der Waals surface area contributed by atoms with Gasteiger partial charge in [-0.2, -0.15) is 0 Å². The van der Waals surface area contributed by atoms with Crippen molar-refractivity contribution in [3.8, 4) is 5.75 Å². The van der Waals surface area contributed by atoms with E-state index in [-0.39, 0.29) is 0 Å². The number of benzene rings is 2. The van der Waals surface area contributed by atoms with Crippen LogP contribution >= 0.6 is 15.9 Å². The Morgan fingerprint density at radius 1 is 0.966 bits per heavy atom. The van der Waals surface area contributed by atoms with E-state index in [4.69, 9.17) is 4.74 Å². The molecule has 1 N–H and O–H groups in total. The molecule has 0 aliphatic heterocycles. The van der Waals surface area contributed by atoms with E-state index >= 15 is 0 Å². The molecule has 0 heterocycles. The maximum atomic E-state index is 6.00. The number of rotatable bonds is 7. The van der Waals surface area contributed by atoms with E-state index in [0.717, 1.165) is 34.5 Å². The summed E-state index contributed by atoms with van der Waals surface area (Å²) in [6.45, 7) is 3.97. The van der Waals surface area contributed by atoms with E-state index in [1.54, 1.807) is 0 Å². The summed E-state index contributed by atoms with van der Waals surface area (Å²) in [5.41, 5.74) is 3.07. The Hall–Kier alpha value is -1.32. The van der Waals surface area contributed by atoms with Crippen LogP contribution in [0.1, 0.15) is 56.6 Å². The van der Waals surface area contributed by atoms with Crippen LogP contribution < -0.4 is 10.1 Å². The third-order valence-electron chi connectivity index (χ3n) is 7.85. The normalized spacial score (nSPS) is 31.0. The largest absolute Gasteiger partial charge is 0.488 e. The van der Waals surface area contributed by atoms with Crippen LogP contribution in [0.25, 0.3) is 0 Å². The van der Waals surface area contributed by atoms with Crippen LogP contribution in [0.5, 0.6) is 5.75 Å². The SMILES string of the molecule is CC(NCc1ccc(OCc2ccccc2)c(Br)c1)C12CC3CC(CC(C3)C1)C2. The molecule has 4 aliphatic rings. The summed E-state index contributed by atoms with van der Waals surface area (Å²) >= 11 is 3.71. The second-order valence-electron chi connectivity index (χ2n) is 9.92. The lowest BCUT2D eigenvalue weighted by Gasteiger charge is -2.59. The maximum Gasteiger partial charge on any atom is 0.134 e. The molecule has 154 valence electrons. The first-order valence-electron chi connectivity index (χ1n) is 11.3. The van der Waals surface area contributed by atoms with Crippen molar-refractivity contribution in [3.05, 3.63) is 64.1 Å². The molecule has 4 bridgehead atoms. The standard InChI is InChI=1S/C26H32BrNO/c1-18(26-13-21-9-22(14-26)11-23(10-21)15-26)28-16-20-7-8-25(24(27)12-20)29-17-19-5-3-2-4-6-19/h2-8,12,18,21-23,28H,9-11,13-17H2,1H3. The Labute approximate surface area is 183 Å². The molecular formula is C26H32BrNO. The maximum absolute atomic E-state index is 6.00. The van der Waals surface area contributed by atoms with E-state index in [1.165, 1.54) is 49.7 Å². The fraction of sp³-hybridized carbons (Fsp3) is 0.538. The van der Waals surface area contributed by atoms with E-state index < -0.39 is 0 Å². The van der Waals surface area contributed by atoms with Crippen LogP contribution in [-0.2, 0) is 13.2 Å². The molecule has 2 aromatic rings. The average Bonchev–Trinajstić information content (AvgIpc) is 2.71. The fourth-order valence-electron chi connectivity index (χ4n) is 6.70. The van der Waals surface area contributed by atoms with Gasteiger partial charge in [-0.05, 0) is 108 Å². The van der Waals surface area contributed by atoms with E-state index in [9.17, 15) is 0 Å². The Bertz CT molecular complexity index is 814. The molecule has 1 atom stereocenters. The molecule has 6 rings (SSSR count).